The van der Waals surface area contributed by atoms with Crippen molar-refractivity contribution < 1.29 is 28.2 Å². The largest absolute Gasteiger partial charge is 0.465 e. The fraction of sp³-hybridized carbons (Fsp3) is 0.435. The molecule has 1 N–H and O–H groups in total. The normalized spacial score (nSPS) is 23.6. The molecule has 3 rings (SSSR count). The average molecular weight is 415 g/mol. The molecule has 3 unspecified atom stereocenters. The molecule has 3 atom stereocenters. The zero-order valence-corrected chi connectivity index (χ0v) is 17.6. The van der Waals surface area contributed by atoms with E-state index in [0.29, 0.717) is 29.0 Å². The lowest BCUT2D eigenvalue weighted by Crippen LogP contribution is -2.43. The van der Waals surface area contributed by atoms with Crippen molar-refractivity contribution in [2.24, 2.45) is 11.8 Å². The van der Waals surface area contributed by atoms with Crippen LogP contribution in [0.3, 0.4) is 0 Å². The summed E-state index contributed by atoms with van der Waals surface area (Å²) in [7, 11) is 0. The van der Waals surface area contributed by atoms with E-state index in [2.05, 4.69) is 5.32 Å². The van der Waals surface area contributed by atoms with Gasteiger partial charge in [0.15, 0.2) is 5.78 Å². The molecule has 0 amide bonds. The first kappa shape index (κ1) is 21.7. The van der Waals surface area contributed by atoms with E-state index in [1.807, 2.05) is 6.92 Å². The Morgan fingerprint density at radius 2 is 1.90 bits per heavy atom. The lowest BCUT2D eigenvalue weighted by atomic mass is 9.69. The molecule has 30 heavy (non-hydrogen) atoms. The summed E-state index contributed by atoms with van der Waals surface area (Å²) in [5, 5.41) is 3.17. The first-order valence-corrected chi connectivity index (χ1v) is 10.1. The third-order valence-electron chi connectivity index (χ3n) is 5.51. The van der Waals surface area contributed by atoms with Gasteiger partial charge in [0.05, 0.1) is 18.8 Å². The molecule has 0 saturated carbocycles. The number of allylic oxidation sites excluding steroid dienone is 3. The molecule has 0 bridgehead atoms. The van der Waals surface area contributed by atoms with Crippen LogP contribution in [0, 0.1) is 17.7 Å². The first-order valence-electron chi connectivity index (χ1n) is 10.1. The predicted octanol–water partition coefficient (Wildman–Crippen LogP) is 3.39. The third kappa shape index (κ3) is 3.88. The minimum atomic E-state index is -0.969. The molecule has 1 aliphatic heterocycles. The van der Waals surface area contributed by atoms with Crippen molar-refractivity contribution in [1.29, 1.82) is 0 Å². The number of carbonyl (C=O) groups is 3. The van der Waals surface area contributed by atoms with Crippen molar-refractivity contribution in [3.05, 3.63) is 58.2 Å². The van der Waals surface area contributed by atoms with Gasteiger partial charge in [0.25, 0.3) is 0 Å². The third-order valence-corrected chi connectivity index (χ3v) is 5.51. The molecule has 1 aromatic carbocycles. The molecule has 1 aromatic rings. The minimum Gasteiger partial charge on any atom is -0.465 e. The fourth-order valence-corrected chi connectivity index (χ4v) is 4.28. The Balaban J connectivity index is 2.17. The number of nitrogens with one attached hydrogen (secondary N) is 1. The standard InChI is InChI=1S/C23H26FNO5/c1-5-29-22(27)17-12(3)10-16-20(21(17)26)19(14-8-7-9-15(24)11-14)18(13(4)25-16)23(28)30-6-2/h7-9,11-12,17,19,25H,5-6,10H2,1-4H3. The highest BCUT2D eigenvalue weighted by molar-refractivity contribution is 6.12. The summed E-state index contributed by atoms with van der Waals surface area (Å²) >= 11 is 0. The van der Waals surface area contributed by atoms with Crippen LogP contribution >= 0.6 is 0 Å². The van der Waals surface area contributed by atoms with Crippen LogP contribution in [-0.4, -0.2) is 30.9 Å². The SMILES string of the molecule is CCOC(=O)C1=C(C)NC2=C(C(=O)C(C(=O)OCC)C(C)C2)C1c1cccc(F)c1. The molecule has 0 aromatic heterocycles. The quantitative estimate of drug-likeness (QED) is 0.586. The van der Waals surface area contributed by atoms with Gasteiger partial charge in [0.1, 0.15) is 11.7 Å². The molecule has 0 fully saturated rings. The van der Waals surface area contributed by atoms with E-state index in [0.717, 1.165) is 0 Å². The fourth-order valence-electron chi connectivity index (χ4n) is 4.28. The minimum absolute atomic E-state index is 0.161. The Kier molecular flexibility index (Phi) is 6.39. The summed E-state index contributed by atoms with van der Waals surface area (Å²) in [6.07, 6.45) is 0.434. The maximum atomic E-state index is 14.1. The zero-order valence-electron chi connectivity index (χ0n) is 17.6. The number of hydrogen-bond donors (Lipinski definition) is 1. The van der Waals surface area contributed by atoms with Crippen LogP contribution in [0.1, 0.15) is 45.6 Å². The van der Waals surface area contributed by atoms with E-state index in [-0.39, 0.29) is 24.7 Å². The summed E-state index contributed by atoms with van der Waals surface area (Å²) in [5.41, 5.74) is 2.19. The van der Waals surface area contributed by atoms with Crippen molar-refractivity contribution in [3.63, 3.8) is 0 Å². The Hall–Kier alpha value is -2.96. The van der Waals surface area contributed by atoms with E-state index in [9.17, 15) is 18.8 Å². The first-order chi connectivity index (χ1) is 14.3. The van der Waals surface area contributed by atoms with E-state index >= 15 is 0 Å². The van der Waals surface area contributed by atoms with Crippen LogP contribution in [0.15, 0.2) is 46.8 Å². The van der Waals surface area contributed by atoms with E-state index in [1.54, 1.807) is 26.8 Å². The van der Waals surface area contributed by atoms with Crippen LogP contribution in [0.5, 0.6) is 0 Å². The highest BCUT2D eigenvalue weighted by Gasteiger charge is 2.47. The van der Waals surface area contributed by atoms with Gasteiger partial charge in [-0.25, -0.2) is 9.18 Å². The number of ether oxygens (including phenoxy) is 2. The zero-order chi connectivity index (χ0) is 22.0. The van der Waals surface area contributed by atoms with Crippen molar-refractivity contribution >= 4 is 17.7 Å². The number of Topliss-reactive ketones (excluding diaryl/α,β-unsaturated/α-hetero) is 1. The topological polar surface area (TPSA) is 81.7 Å². The lowest BCUT2D eigenvalue weighted by Gasteiger charge is -2.38. The molecule has 6 nitrogen and oxygen atoms in total. The summed E-state index contributed by atoms with van der Waals surface area (Å²) in [4.78, 5) is 38.8. The van der Waals surface area contributed by atoms with E-state index < -0.39 is 35.4 Å². The molecule has 0 radical (unpaired) electrons. The highest BCUT2D eigenvalue weighted by atomic mass is 19.1. The average Bonchev–Trinajstić information content (AvgIpc) is 2.67. The second-order valence-electron chi connectivity index (χ2n) is 7.54. The van der Waals surface area contributed by atoms with Crippen LogP contribution in [0.25, 0.3) is 0 Å². The maximum absolute atomic E-state index is 14.1. The number of dihydropyridines is 1. The Bertz CT molecular complexity index is 949. The number of hydrogen-bond acceptors (Lipinski definition) is 6. The number of esters is 2. The van der Waals surface area contributed by atoms with Crippen molar-refractivity contribution in [3.8, 4) is 0 Å². The molecule has 1 heterocycles. The summed E-state index contributed by atoms with van der Waals surface area (Å²) in [5.74, 6) is -4.11. The van der Waals surface area contributed by atoms with Gasteiger partial charge in [-0.1, -0.05) is 19.1 Å². The Morgan fingerprint density at radius 3 is 2.53 bits per heavy atom. The summed E-state index contributed by atoms with van der Waals surface area (Å²) in [6.45, 7) is 7.25. The molecule has 0 saturated heterocycles. The smallest absolute Gasteiger partial charge is 0.336 e. The predicted molar refractivity (Wildman–Crippen MR) is 108 cm³/mol. The van der Waals surface area contributed by atoms with Gasteiger partial charge in [0.2, 0.25) is 0 Å². The second kappa shape index (κ2) is 8.81. The van der Waals surface area contributed by atoms with E-state index in [4.69, 9.17) is 9.47 Å². The highest BCUT2D eigenvalue weighted by Crippen LogP contribution is 2.45. The molecule has 7 heteroatoms. The lowest BCUT2D eigenvalue weighted by molar-refractivity contribution is -0.153. The number of benzene rings is 1. The molecular formula is C23H26FNO5. The van der Waals surface area contributed by atoms with Crippen LogP contribution in [0.2, 0.25) is 0 Å². The number of rotatable bonds is 5. The molecular weight excluding hydrogens is 389 g/mol. The van der Waals surface area contributed by atoms with Gasteiger partial charge in [-0.3, -0.25) is 9.59 Å². The van der Waals surface area contributed by atoms with Gasteiger partial charge in [0, 0.05) is 22.9 Å². The maximum Gasteiger partial charge on any atom is 0.336 e. The van der Waals surface area contributed by atoms with Gasteiger partial charge < -0.3 is 14.8 Å². The van der Waals surface area contributed by atoms with Crippen LogP contribution < -0.4 is 5.32 Å². The summed E-state index contributed by atoms with van der Waals surface area (Å²) < 4.78 is 24.4. The second-order valence-corrected chi connectivity index (χ2v) is 7.54. The van der Waals surface area contributed by atoms with Gasteiger partial charge in [-0.05, 0) is 50.8 Å². The Morgan fingerprint density at radius 1 is 1.20 bits per heavy atom. The van der Waals surface area contributed by atoms with Gasteiger partial charge >= 0.3 is 11.9 Å². The molecule has 1 aliphatic carbocycles. The molecule has 0 spiro atoms. The monoisotopic (exact) mass is 415 g/mol. The van der Waals surface area contributed by atoms with E-state index in [1.165, 1.54) is 18.2 Å². The Labute approximate surface area is 175 Å². The van der Waals surface area contributed by atoms with Crippen molar-refractivity contribution in [1.82, 2.24) is 5.32 Å². The van der Waals surface area contributed by atoms with Crippen LogP contribution in [0.4, 0.5) is 4.39 Å². The van der Waals surface area contributed by atoms with Gasteiger partial charge in [-0.15, -0.1) is 0 Å². The molecule has 160 valence electrons. The van der Waals surface area contributed by atoms with Crippen molar-refractivity contribution in [2.45, 2.75) is 40.0 Å². The van der Waals surface area contributed by atoms with Crippen molar-refractivity contribution in [2.75, 3.05) is 13.2 Å². The number of ketones is 1. The van der Waals surface area contributed by atoms with Crippen LogP contribution in [-0.2, 0) is 23.9 Å². The number of carbonyl (C=O) groups excluding carboxylic acids is 3. The molecule has 2 aliphatic rings. The number of halogens is 1. The van der Waals surface area contributed by atoms with Gasteiger partial charge in [-0.2, -0.15) is 0 Å². The summed E-state index contributed by atoms with van der Waals surface area (Å²) in [6, 6.07) is 5.80.